The number of guanidine groups is 1. The Kier molecular flexibility index (Phi) is 9.45. The first-order valence-corrected chi connectivity index (χ1v) is 9.74. The molecule has 0 amide bonds. The Morgan fingerprint density at radius 3 is 2.58 bits per heavy atom. The van der Waals surface area contributed by atoms with E-state index in [2.05, 4.69) is 71.8 Å². The lowest BCUT2D eigenvalue weighted by Crippen LogP contribution is -2.41. The van der Waals surface area contributed by atoms with Crippen molar-refractivity contribution >= 4 is 5.96 Å². The number of aliphatic imine (C=N–C) groups is 1. The van der Waals surface area contributed by atoms with Crippen molar-refractivity contribution in [2.45, 2.75) is 19.4 Å². The number of hydrogen-bond donors (Lipinski definition) is 2. The molecule has 0 bridgehead atoms. The van der Waals surface area contributed by atoms with Crippen molar-refractivity contribution in [3.8, 4) is 0 Å². The summed E-state index contributed by atoms with van der Waals surface area (Å²) < 4.78 is 5.40. The van der Waals surface area contributed by atoms with Gasteiger partial charge in [-0.05, 0) is 39.5 Å². The largest absolute Gasteiger partial charge is 0.379 e. The molecule has 1 aromatic carbocycles. The Morgan fingerprint density at radius 2 is 1.92 bits per heavy atom. The average molecular weight is 362 g/mol. The Morgan fingerprint density at radius 1 is 1.19 bits per heavy atom. The predicted octanol–water partition coefficient (Wildman–Crippen LogP) is 1.57. The van der Waals surface area contributed by atoms with Gasteiger partial charge in [-0.2, -0.15) is 0 Å². The number of benzene rings is 1. The lowest BCUT2D eigenvalue weighted by atomic mass is 10.1. The van der Waals surface area contributed by atoms with E-state index in [0.717, 1.165) is 64.9 Å². The Balaban J connectivity index is 1.82. The summed E-state index contributed by atoms with van der Waals surface area (Å²) in [6.45, 7) is 9.58. The van der Waals surface area contributed by atoms with Crippen LogP contribution in [0.15, 0.2) is 35.3 Å². The topological polar surface area (TPSA) is 52.1 Å². The first-order chi connectivity index (χ1) is 12.7. The van der Waals surface area contributed by atoms with Crippen LogP contribution >= 0.6 is 0 Å². The van der Waals surface area contributed by atoms with E-state index in [4.69, 9.17) is 9.73 Å². The van der Waals surface area contributed by atoms with E-state index in [0.29, 0.717) is 0 Å². The van der Waals surface area contributed by atoms with Gasteiger partial charge in [-0.15, -0.1) is 0 Å². The fourth-order valence-electron chi connectivity index (χ4n) is 3.10. The van der Waals surface area contributed by atoms with Crippen molar-refractivity contribution in [2.24, 2.45) is 4.99 Å². The van der Waals surface area contributed by atoms with E-state index in [9.17, 15) is 0 Å². The molecule has 0 aliphatic carbocycles. The maximum atomic E-state index is 5.40. The van der Waals surface area contributed by atoms with Gasteiger partial charge in [-0.3, -0.25) is 9.89 Å². The van der Waals surface area contributed by atoms with Gasteiger partial charge in [0.2, 0.25) is 0 Å². The summed E-state index contributed by atoms with van der Waals surface area (Å²) in [5.74, 6) is 0.900. The summed E-state index contributed by atoms with van der Waals surface area (Å²) in [6.07, 6.45) is 1.11. The van der Waals surface area contributed by atoms with Gasteiger partial charge in [0.1, 0.15) is 0 Å². The number of hydrogen-bond acceptors (Lipinski definition) is 4. The zero-order valence-electron chi connectivity index (χ0n) is 16.6. The third kappa shape index (κ3) is 7.32. The lowest BCUT2D eigenvalue weighted by Gasteiger charge is -2.26. The molecule has 2 rings (SSSR count). The summed E-state index contributed by atoms with van der Waals surface area (Å²) >= 11 is 0. The molecule has 1 heterocycles. The minimum absolute atomic E-state index is 0.278. The maximum absolute atomic E-state index is 5.40. The Labute approximate surface area is 158 Å². The van der Waals surface area contributed by atoms with E-state index in [-0.39, 0.29) is 6.04 Å². The first kappa shape index (κ1) is 20.7. The SMILES string of the molecule is CCNC(=NCC(c1ccccc1)N(C)C)NCCCN1CCOCC1. The molecule has 6 nitrogen and oxygen atoms in total. The number of nitrogens with zero attached hydrogens (tertiary/aromatic N) is 3. The predicted molar refractivity (Wildman–Crippen MR) is 109 cm³/mol. The molecule has 6 heteroatoms. The first-order valence-electron chi connectivity index (χ1n) is 9.74. The van der Waals surface area contributed by atoms with Crippen LogP contribution in [0.2, 0.25) is 0 Å². The van der Waals surface area contributed by atoms with E-state index in [1.165, 1.54) is 5.56 Å². The molecule has 1 unspecified atom stereocenters. The molecular weight excluding hydrogens is 326 g/mol. The highest BCUT2D eigenvalue weighted by molar-refractivity contribution is 5.79. The molecule has 146 valence electrons. The van der Waals surface area contributed by atoms with Gasteiger partial charge in [-0.25, -0.2) is 0 Å². The summed E-state index contributed by atoms with van der Waals surface area (Å²) in [5.41, 5.74) is 1.30. The van der Waals surface area contributed by atoms with Crippen molar-refractivity contribution < 1.29 is 4.74 Å². The van der Waals surface area contributed by atoms with Crippen molar-refractivity contribution in [2.75, 3.05) is 66.6 Å². The molecule has 0 radical (unpaired) electrons. The maximum Gasteiger partial charge on any atom is 0.191 e. The van der Waals surface area contributed by atoms with Gasteiger partial charge >= 0.3 is 0 Å². The van der Waals surface area contributed by atoms with E-state index in [1.807, 2.05) is 0 Å². The van der Waals surface area contributed by atoms with Crippen LogP contribution < -0.4 is 10.6 Å². The van der Waals surface area contributed by atoms with Crippen LogP contribution in [0.25, 0.3) is 0 Å². The second-order valence-electron chi connectivity index (χ2n) is 6.84. The van der Waals surface area contributed by atoms with Crippen LogP contribution in [0.5, 0.6) is 0 Å². The fourth-order valence-corrected chi connectivity index (χ4v) is 3.10. The zero-order valence-corrected chi connectivity index (χ0v) is 16.6. The second-order valence-corrected chi connectivity index (χ2v) is 6.84. The molecule has 1 aliphatic heterocycles. The standard InChI is InChI=1S/C20H35N5O/c1-4-21-20(22-11-8-12-25-13-15-26-16-14-25)23-17-19(24(2)3)18-9-6-5-7-10-18/h5-7,9-10,19H,4,8,11-17H2,1-3H3,(H2,21,22,23). The Hall–Kier alpha value is -1.63. The molecule has 1 atom stereocenters. The van der Waals surface area contributed by atoms with Crippen LogP contribution in [-0.4, -0.2) is 82.3 Å². The van der Waals surface area contributed by atoms with E-state index >= 15 is 0 Å². The molecule has 1 aromatic rings. The van der Waals surface area contributed by atoms with Crippen molar-refractivity contribution in [1.29, 1.82) is 0 Å². The number of rotatable bonds is 9. The number of ether oxygens (including phenoxy) is 1. The molecule has 0 saturated carbocycles. The minimum atomic E-state index is 0.278. The van der Waals surface area contributed by atoms with Gasteiger partial charge in [-0.1, -0.05) is 30.3 Å². The highest BCUT2D eigenvalue weighted by Crippen LogP contribution is 2.17. The van der Waals surface area contributed by atoms with Gasteiger partial charge in [0.15, 0.2) is 5.96 Å². The number of nitrogens with one attached hydrogen (secondary N) is 2. The van der Waals surface area contributed by atoms with Crippen LogP contribution in [0.4, 0.5) is 0 Å². The van der Waals surface area contributed by atoms with Crippen molar-refractivity contribution in [1.82, 2.24) is 20.4 Å². The lowest BCUT2D eigenvalue weighted by molar-refractivity contribution is 0.0376. The van der Waals surface area contributed by atoms with E-state index in [1.54, 1.807) is 0 Å². The molecule has 0 aromatic heterocycles. The van der Waals surface area contributed by atoms with E-state index < -0.39 is 0 Å². The van der Waals surface area contributed by atoms with Crippen LogP contribution in [0.1, 0.15) is 24.9 Å². The zero-order chi connectivity index (χ0) is 18.6. The summed E-state index contributed by atoms with van der Waals surface area (Å²) in [6, 6.07) is 10.8. The molecule has 26 heavy (non-hydrogen) atoms. The van der Waals surface area contributed by atoms with Crippen molar-refractivity contribution in [3.05, 3.63) is 35.9 Å². The highest BCUT2D eigenvalue weighted by Gasteiger charge is 2.13. The van der Waals surface area contributed by atoms with Crippen LogP contribution in [-0.2, 0) is 4.74 Å². The molecule has 0 spiro atoms. The summed E-state index contributed by atoms with van der Waals surface area (Å²) in [4.78, 5) is 9.50. The molecular formula is C20H35N5O. The summed E-state index contributed by atoms with van der Waals surface area (Å²) in [5, 5.41) is 6.82. The quantitative estimate of drug-likeness (QED) is 0.397. The Bertz CT molecular complexity index is 514. The average Bonchev–Trinajstić information content (AvgIpc) is 2.66. The smallest absolute Gasteiger partial charge is 0.191 e. The number of likely N-dealkylation sites (N-methyl/N-ethyl adjacent to an activating group) is 1. The van der Waals surface area contributed by atoms with Gasteiger partial charge in [0, 0.05) is 26.2 Å². The van der Waals surface area contributed by atoms with Crippen LogP contribution in [0, 0.1) is 0 Å². The highest BCUT2D eigenvalue weighted by atomic mass is 16.5. The summed E-state index contributed by atoms with van der Waals surface area (Å²) in [7, 11) is 4.21. The van der Waals surface area contributed by atoms with Crippen LogP contribution in [0.3, 0.4) is 0 Å². The minimum Gasteiger partial charge on any atom is -0.379 e. The van der Waals surface area contributed by atoms with Gasteiger partial charge in [0.25, 0.3) is 0 Å². The van der Waals surface area contributed by atoms with Gasteiger partial charge in [0.05, 0.1) is 25.8 Å². The monoisotopic (exact) mass is 361 g/mol. The van der Waals surface area contributed by atoms with Gasteiger partial charge < -0.3 is 20.3 Å². The second kappa shape index (κ2) is 11.9. The number of morpholine rings is 1. The molecule has 1 fully saturated rings. The normalized spacial score (nSPS) is 17.3. The molecule has 2 N–H and O–H groups in total. The molecule has 1 saturated heterocycles. The molecule has 1 aliphatic rings. The third-order valence-corrected chi connectivity index (χ3v) is 4.62. The third-order valence-electron chi connectivity index (χ3n) is 4.62. The van der Waals surface area contributed by atoms with Crippen molar-refractivity contribution in [3.63, 3.8) is 0 Å². The fraction of sp³-hybridized carbons (Fsp3) is 0.650.